The van der Waals surface area contributed by atoms with Gasteiger partial charge in [0.25, 0.3) is 0 Å². The van der Waals surface area contributed by atoms with Crippen molar-refractivity contribution in [2.75, 3.05) is 26.7 Å². The third kappa shape index (κ3) is 6.45. The minimum Gasteiger partial charge on any atom is -0.357 e. The Morgan fingerprint density at radius 1 is 1.07 bits per heavy atom. The van der Waals surface area contributed by atoms with Gasteiger partial charge in [-0.2, -0.15) is 0 Å². The molecule has 0 amide bonds. The average Bonchev–Trinajstić information content (AvgIpc) is 3.10. The maximum Gasteiger partial charge on any atom is 0.191 e. The molecular formula is C20H28IN7. The van der Waals surface area contributed by atoms with Crippen LogP contribution >= 0.6 is 24.0 Å². The van der Waals surface area contributed by atoms with Gasteiger partial charge in [-0.05, 0) is 31.7 Å². The molecule has 0 atom stereocenters. The van der Waals surface area contributed by atoms with Gasteiger partial charge in [0.2, 0.25) is 0 Å². The molecule has 0 fully saturated rings. The van der Waals surface area contributed by atoms with E-state index < -0.39 is 0 Å². The van der Waals surface area contributed by atoms with Gasteiger partial charge in [-0.25, -0.2) is 4.99 Å². The molecule has 0 bridgehead atoms. The standard InChI is InChI=1S/C20H27N7.HI/c1-3-21-20(22-12-14-26(2)16-17-9-5-4-6-10-17)23-15-19-25-24-18-11-7-8-13-27(18)19;/h4-11,13H,3,12,14-16H2,1-2H3,(H2,21,22,23);1H. The van der Waals surface area contributed by atoms with Gasteiger partial charge in [-0.15, -0.1) is 34.2 Å². The Labute approximate surface area is 183 Å². The van der Waals surface area contributed by atoms with Gasteiger partial charge in [-0.1, -0.05) is 36.4 Å². The predicted molar refractivity (Wildman–Crippen MR) is 124 cm³/mol. The summed E-state index contributed by atoms with van der Waals surface area (Å²) in [4.78, 5) is 6.93. The van der Waals surface area contributed by atoms with Crippen LogP contribution in [0.2, 0.25) is 0 Å². The van der Waals surface area contributed by atoms with E-state index in [9.17, 15) is 0 Å². The minimum atomic E-state index is 0. The number of aliphatic imine (C=N–C) groups is 1. The van der Waals surface area contributed by atoms with Crippen LogP contribution in [0, 0.1) is 0 Å². The summed E-state index contributed by atoms with van der Waals surface area (Å²) in [6, 6.07) is 16.4. The van der Waals surface area contributed by atoms with E-state index in [1.807, 2.05) is 34.9 Å². The lowest BCUT2D eigenvalue weighted by molar-refractivity contribution is 0.331. The molecule has 1 aromatic carbocycles. The second-order valence-electron chi connectivity index (χ2n) is 6.39. The fourth-order valence-electron chi connectivity index (χ4n) is 2.83. The monoisotopic (exact) mass is 493 g/mol. The van der Waals surface area contributed by atoms with Gasteiger partial charge in [0, 0.05) is 32.4 Å². The zero-order chi connectivity index (χ0) is 18.9. The Morgan fingerprint density at radius 2 is 1.86 bits per heavy atom. The summed E-state index contributed by atoms with van der Waals surface area (Å²) in [5, 5.41) is 15.1. The molecule has 3 aromatic rings. The fraction of sp³-hybridized carbons (Fsp3) is 0.350. The molecule has 2 aromatic heterocycles. The molecule has 0 unspecified atom stereocenters. The van der Waals surface area contributed by atoms with Crippen LogP contribution < -0.4 is 10.6 Å². The van der Waals surface area contributed by atoms with Crippen LogP contribution in [-0.2, 0) is 13.1 Å². The molecule has 150 valence electrons. The summed E-state index contributed by atoms with van der Waals surface area (Å²) in [5.74, 6) is 1.61. The third-order valence-electron chi connectivity index (χ3n) is 4.19. The summed E-state index contributed by atoms with van der Waals surface area (Å²) < 4.78 is 1.96. The Bertz CT molecular complexity index is 863. The molecule has 2 N–H and O–H groups in total. The fourth-order valence-corrected chi connectivity index (χ4v) is 2.83. The summed E-state index contributed by atoms with van der Waals surface area (Å²) >= 11 is 0. The number of aromatic nitrogens is 3. The molecule has 28 heavy (non-hydrogen) atoms. The lowest BCUT2D eigenvalue weighted by atomic mass is 10.2. The lowest BCUT2D eigenvalue weighted by Crippen LogP contribution is -2.40. The van der Waals surface area contributed by atoms with E-state index in [0.717, 1.165) is 43.6 Å². The number of halogens is 1. The number of rotatable bonds is 8. The molecule has 0 radical (unpaired) electrons. The lowest BCUT2D eigenvalue weighted by Gasteiger charge is -2.18. The van der Waals surface area contributed by atoms with Gasteiger partial charge in [0.15, 0.2) is 17.4 Å². The van der Waals surface area contributed by atoms with Gasteiger partial charge < -0.3 is 15.5 Å². The first kappa shape index (κ1) is 22.1. The number of nitrogens with one attached hydrogen (secondary N) is 2. The van der Waals surface area contributed by atoms with Crippen molar-refractivity contribution in [1.82, 2.24) is 30.1 Å². The molecule has 8 heteroatoms. The Hall–Kier alpha value is -2.20. The molecule has 2 heterocycles. The molecule has 0 aliphatic carbocycles. The SMILES string of the molecule is CCNC(=NCc1nnc2ccccn12)NCCN(C)Cc1ccccc1.I. The first-order valence-electron chi connectivity index (χ1n) is 9.29. The zero-order valence-corrected chi connectivity index (χ0v) is 18.7. The number of nitrogens with zero attached hydrogens (tertiary/aromatic N) is 5. The van der Waals surface area contributed by atoms with Gasteiger partial charge in [0.1, 0.15) is 6.54 Å². The van der Waals surface area contributed by atoms with Crippen molar-refractivity contribution in [3.05, 3.63) is 66.1 Å². The Balaban J connectivity index is 0.00000280. The topological polar surface area (TPSA) is 69.8 Å². The van der Waals surface area contributed by atoms with E-state index in [2.05, 4.69) is 69.0 Å². The molecule has 3 rings (SSSR count). The maximum absolute atomic E-state index is 4.64. The van der Waals surface area contributed by atoms with E-state index in [1.54, 1.807) is 0 Å². The first-order chi connectivity index (χ1) is 13.3. The Kier molecular flexibility index (Phi) is 9.15. The summed E-state index contributed by atoms with van der Waals surface area (Å²) in [7, 11) is 2.13. The Morgan fingerprint density at radius 3 is 2.64 bits per heavy atom. The van der Waals surface area contributed by atoms with Gasteiger partial charge in [-0.3, -0.25) is 4.40 Å². The summed E-state index contributed by atoms with van der Waals surface area (Å²) in [6.07, 6.45) is 1.96. The molecule has 0 aliphatic heterocycles. The molecule has 0 saturated heterocycles. The normalized spacial score (nSPS) is 11.5. The molecule has 0 aliphatic rings. The van der Waals surface area contributed by atoms with Crippen molar-refractivity contribution in [2.24, 2.45) is 4.99 Å². The van der Waals surface area contributed by atoms with Gasteiger partial charge in [0.05, 0.1) is 0 Å². The van der Waals surface area contributed by atoms with Crippen molar-refractivity contribution in [1.29, 1.82) is 0 Å². The molecule has 0 spiro atoms. The van der Waals surface area contributed by atoms with Crippen LogP contribution in [0.1, 0.15) is 18.3 Å². The number of hydrogen-bond acceptors (Lipinski definition) is 4. The largest absolute Gasteiger partial charge is 0.357 e. The zero-order valence-electron chi connectivity index (χ0n) is 16.4. The number of hydrogen-bond donors (Lipinski definition) is 2. The van der Waals surface area contributed by atoms with Crippen LogP contribution in [0.4, 0.5) is 0 Å². The van der Waals surface area contributed by atoms with Crippen molar-refractivity contribution in [3.63, 3.8) is 0 Å². The number of pyridine rings is 1. The van der Waals surface area contributed by atoms with E-state index >= 15 is 0 Å². The van der Waals surface area contributed by atoms with Crippen molar-refractivity contribution in [3.8, 4) is 0 Å². The quantitative estimate of drug-likeness (QED) is 0.287. The predicted octanol–water partition coefficient (Wildman–Crippen LogP) is 2.53. The van der Waals surface area contributed by atoms with Crippen LogP contribution in [0.25, 0.3) is 5.65 Å². The highest BCUT2D eigenvalue weighted by molar-refractivity contribution is 14.0. The number of guanidine groups is 1. The summed E-state index contributed by atoms with van der Waals surface area (Å²) in [5.41, 5.74) is 2.16. The highest BCUT2D eigenvalue weighted by atomic mass is 127. The van der Waals surface area contributed by atoms with Crippen molar-refractivity contribution >= 4 is 35.6 Å². The van der Waals surface area contributed by atoms with E-state index in [1.165, 1.54) is 5.56 Å². The second-order valence-corrected chi connectivity index (χ2v) is 6.39. The molecule has 7 nitrogen and oxygen atoms in total. The van der Waals surface area contributed by atoms with Crippen LogP contribution in [0.3, 0.4) is 0 Å². The average molecular weight is 493 g/mol. The molecule has 0 saturated carbocycles. The first-order valence-corrected chi connectivity index (χ1v) is 9.29. The van der Waals surface area contributed by atoms with E-state index in [-0.39, 0.29) is 24.0 Å². The third-order valence-corrected chi connectivity index (χ3v) is 4.19. The van der Waals surface area contributed by atoms with Crippen molar-refractivity contribution in [2.45, 2.75) is 20.0 Å². The van der Waals surface area contributed by atoms with Crippen LogP contribution in [0.15, 0.2) is 59.7 Å². The van der Waals surface area contributed by atoms with Crippen LogP contribution in [-0.4, -0.2) is 52.1 Å². The molecular weight excluding hydrogens is 465 g/mol. The van der Waals surface area contributed by atoms with E-state index in [0.29, 0.717) is 6.54 Å². The second kappa shape index (κ2) is 11.6. The van der Waals surface area contributed by atoms with Gasteiger partial charge >= 0.3 is 0 Å². The summed E-state index contributed by atoms with van der Waals surface area (Å²) in [6.45, 7) is 6.02. The van der Waals surface area contributed by atoms with E-state index in [4.69, 9.17) is 0 Å². The maximum atomic E-state index is 4.64. The number of benzene rings is 1. The number of fused-ring (bicyclic) bond motifs is 1. The highest BCUT2D eigenvalue weighted by Gasteiger charge is 2.05. The smallest absolute Gasteiger partial charge is 0.191 e. The minimum absolute atomic E-state index is 0. The number of likely N-dealkylation sites (N-methyl/N-ethyl adjacent to an activating group) is 1. The van der Waals surface area contributed by atoms with Crippen LogP contribution in [0.5, 0.6) is 0 Å². The highest BCUT2D eigenvalue weighted by Crippen LogP contribution is 2.04. The van der Waals surface area contributed by atoms with Crippen molar-refractivity contribution < 1.29 is 0 Å².